The third-order valence-corrected chi connectivity index (χ3v) is 12.5. The summed E-state index contributed by atoms with van der Waals surface area (Å²) in [5.74, 6) is 3.00. The van der Waals surface area contributed by atoms with Crippen molar-refractivity contribution in [3.05, 3.63) is 179 Å². The van der Waals surface area contributed by atoms with Gasteiger partial charge in [-0.1, -0.05) is 91.0 Å². The van der Waals surface area contributed by atoms with Gasteiger partial charge in [-0.2, -0.15) is 0 Å². The van der Waals surface area contributed by atoms with Crippen LogP contribution in [0.25, 0.3) is 94.0 Å². The topological polar surface area (TPSA) is 78.1 Å². The van der Waals surface area contributed by atoms with Crippen LogP contribution in [0.2, 0.25) is 0 Å². The van der Waals surface area contributed by atoms with Gasteiger partial charge < -0.3 is 13.3 Å². The monoisotopic (exact) mass is 761 g/mol. The molecule has 3 aliphatic rings. The molecule has 4 aromatic heterocycles. The highest BCUT2D eigenvalue weighted by molar-refractivity contribution is 6.14. The third kappa shape index (κ3) is 5.15. The van der Waals surface area contributed by atoms with Crippen molar-refractivity contribution in [1.82, 2.24) is 15.0 Å². The maximum absolute atomic E-state index is 6.70. The molecular weight excluding hydrogens is 727 g/mol. The number of fused-ring (bicyclic) bond motifs is 10. The first-order valence-corrected chi connectivity index (χ1v) is 20.5. The molecule has 6 nitrogen and oxygen atoms in total. The Hall–Kier alpha value is -7.31. The lowest BCUT2D eigenvalue weighted by Gasteiger charge is -2.23. The molecule has 59 heavy (non-hydrogen) atoms. The Morgan fingerprint density at radius 1 is 0.525 bits per heavy atom. The van der Waals surface area contributed by atoms with Gasteiger partial charge >= 0.3 is 0 Å². The minimum Gasteiger partial charge on any atom is -0.460 e. The molecule has 0 bridgehead atoms. The lowest BCUT2D eigenvalue weighted by Crippen LogP contribution is -2.11. The van der Waals surface area contributed by atoms with Gasteiger partial charge in [0.1, 0.15) is 39.5 Å². The van der Waals surface area contributed by atoms with E-state index in [0.717, 1.165) is 126 Å². The van der Waals surface area contributed by atoms with E-state index in [1.807, 2.05) is 36.4 Å². The molecule has 1 atom stereocenters. The zero-order valence-electron chi connectivity index (χ0n) is 32.0. The molecule has 0 amide bonds. The first kappa shape index (κ1) is 32.7. The molecule has 0 spiro atoms. The molecule has 280 valence electrons. The van der Waals surface area contributed by atoms with Gasteiger partial charge in [0.05, 0.1) is 0 Å². The molecule has 0 saturated carbocycles. The van der Waals surface area contributed by atoms with E-state index in [1.165, 1.54) is 21.9 Å². The number of para-hydroxylation sites is 2. The van der Waals surface area contributed by atoms with E-state index in [4.69, 9.17) is 28.2 Å². The highest BCUT2D eigenvalue weighted by Crippen LogP contribution is 2.45. The van der Waals surface area contributed by atoms with Crippen molar-refractivity contribution < 1.29 is 13.3 Å². The van der Waals surface area contributed by atoms with Gasteiger partial charge in [0.2, 0.25) is 0 Å². The smallest absolute Gasteiger partial charge is 0.164 e. The number of hydrogen-bond acceptors (Lipinski definition) is 6. The number of allylic oxidation sites excluding steroid dienone is 7. The molecule has 6 heteroatoms. The Morgan fingerprint density at radius 3 is 2.22 bits per heavy atom. The van der Waals surface area contributed by atoms with Crippen molar-refractivity contribution in [2.45, 2.75) is 38.0 Å². The zero-order chi connectivity index (χ0) is 38.6. The summed E-state index contributed by atoms with van der Waals surface area (Å²) >= 11 is 0. The van der Waals surface area contributed by atoms with Gasteiger partial charge in [-0.3, -0.25) is 0 Å². The van der Waals surface area contributed by atoms with Gasteiger partial charge in [-0.05, 0) is 113 Å². The molecule has 13 rings (SSSR count). The lowest BCUT2D eigenvalue weighted by molar-refractivity contribution is 0.546. The average Bonchev–Trinajstić information content (AvgIpc) is 3.98. The molecule has 0 saturated heterocycles. The van der Waals surface area contributed by atoms with Crippen LogP contribution >= 0.6 is 0 Å². The molecule has 0 fully saturated rings. The Labute approximate surface area is 338 Å². The van der Waals surface area contributed by atoms with Crippen LogP contribution in [-0.2, 0) is 6.42 Å². The Bertz CT molecular complexity index is 3550. The highest BCUT2D eigenvalue weighted by atomic mass is 16.3. The summed E-state index contributed by atoms with van der Waals surface area (Å²) in [7, 11) is 0. The summed E-state index contributed by atoms with van der Waals surface area (Å²) in [6, 6.07) is 40.1. The van der Waals surface area contributed by atoms with Crippen LogP contribution in [0.15, 0.2) is 170 Å². The molecule has 0 N–H and O–H groups in total. The van der Waals surface area contributed by atoms with Crippen LogP contribution in [0.5, 0.6) is 0 Å². The number of benzene rings is 6. The summed E-state index contributed by atoms with van der Waals surface area (Å²) in [6.07, 6.45) is 16.2. The van der Waals surface area contributed by atoms with E-state index in [9.17, 15) is 0 Å². The second-order valence-corrected chi connectivity index (χ2v) is 16.1. The summed E-state index contributed by atoms with van der Waals surface area (Å²) in [5.41, 5.74) is 12.1. The molecular formula is C53H35N3O3. The Morgan fingerprint density at radius 2 is 1.31 bits per heavy atom. The Kier molecular flexibility index (Phi) is 6.99. The van der Waals surface area contributed by atoms with Crippen molar-refractivity contribution in [2.24, 2.45) is 0 Å². The van der Waals surface area contributed by atoms with Crippen molar-refractivity contribution in [3.8, 4) is 22.8 Å². The van der Waals surface area contributed by atoms with E-state index < -0.39 is 0 Å². The van der Waals surface area contributed by atoms with E-state index in [0.29, 0.717) is 11.6 Å². The molecule has 4 heterocycles. The predicted octanol–water partition coefficient (Wildman–Crippen LogP) is 14.0. The molecule has 3 aliphatic carbocycles. The quantitative estimate of drug-likeness (QED) is 0.178. The molecule has 0 radical (unpaired) electrons. The zero-order valence-corrected chi connectivity index (χ0v) is 32.0. The maximum atomic E-state index is 6.70. The van der Waals surface area contributed by atoms with Crippen LogP contribution in [-0.4, -0.2) is 15.0 Å². The van der Waals surface area contributed by atoms with E-state index >= 15 is 0 Å². The fourth-order valence-electron chi connectivity index (χ4n) is 9.71. The van der Waals surface area contributed by atoms with E-state index in [1.54, 1.807) is 0 Å². The first-order valence-electron chi connectivity index (χ1n) is 20.5. The van der Waals surface area contributed by atoms with Gasteiger partial charge in [-0.15, -0.1) is 0 Å². The summed E-state index contributed by atoms with van der Waals surface area (Å²) < 4.78 is 19.6. The van der Waals surface area contributed by atoms with Crippen molar-refractivity contribution in [1.29, 1.82) is 0 Å². The number of rotatable bonds is 4. The van der Waals surface area contributed by atoms with Crippen molar-refractivity contribution >= 4 is 71.2 Å². The lowest BCUT2D eigenvalue weighted by atomic mass is 9.84. The number of aryl methyl sites for hydroxylation is 1. The fraction of sp³-hybridized carbons (Fsp3) is 0.113. The summed E-state index contributed by atoms with van der Waals surface area (Å²) in [6.45, 7) is 0. The van der Waals surface area contributed by atoms with Gasteiger partial charge in [-0.25, -0.2) is 15.0 Å². The fourth-order valence-corrected chi connectivity index (χ4v) is 9.71. The number of furan rings is 3. The summed E-state index contributed by atoms with van der Waals surface area (Å²) in [4.78, 5) is 16.1. The average molecular weight is 762 g/mol. The molecule has 6 aromatic carbocycles. The minimum atomic E-state index is -0.00835. The van der Waals surface area contributed by atoms with Gasteiger partial charge in [0.15, 0.2) is 11.6 Å². The maximum Gasteiger partial charge on any atom is 0.164 e. The van der Waals surface area contributed by atoms with Crippen LogP contribution < -0.4 is 0 Å². The number of hydrogen-bond donors (Lipinski definition) is 0. The Balaban J connectivity index is 1.05. The normalized spacial score (nSPS) is 16.5. The van der Waals surface area contributed by atoms with E-state index in [-0.39, 0.29) is 5.92 Å². The van der Waals surface area contributed by atoms with Gasteiger partial charge in [0.25, 0.3) is 0 Å². The first-order chi connectivity index (χ1) is 29.2. The second-order valence-electron chi connectivity index (χ2n) is 16.1. The highest BCUT2D eigenvalue weighted by Gasteiger charge is 2.27. The third-order valence-electron chi connectivity index (χ3n) is 12.5. The van der Waals surface area contributed by atoms with Gasteiger partial charge in [0, 0.05) is 56.0 Å². The van der Waals surface area contributed by atoms with Crippen LogP contribution in [0.4, 0.5) is 0 Å². The van der Waals surface area contributed by atoms with Crippen LogP contribution in [0, 0.1) is 0 Å². The van der Waals surface area contributed by atoms with E-state index in [2.05, 4.69) is 109 Å². The number of nitrogens with zero attached hydrogens (tertiary/aromatic N) is 3. The number of aromatic nitrogens is 3. The predicted molar refractivity (Wildman–Crippen MR) is 236 cm³/mol. The standard InChI is InChI=1S/C53H35N3O3/c1-2-11-31-24-34(21-20-30(31)10-1)51-54-52(35-22-23-45-40(26-35)38-14-5-7-17-43(38)57-45)56-53(55-51)42-27-36(29-48-50(42)39-15-6-8-18-44(39)58-48)37-16-9-19-46-49(37)41-25-32-12-3-4-13-33(32)28-47(41)59-46/h2-8,11-18,20-23,25-29,34H,1,9-10,19,24H2. The largest absolute Gasteiger partial charge is 0.460 e. The SMILES string of the molecule is C1=CC2=C(C=CC(c3nc(-c4ccc5oc6ccccc6c5c4)nc(-c4cc(C5=CCCc6oc7cc8ccccc8cc7c65)cc5oc6ccccc6c45)n3)C2)CC1. The molecule has 10 aromatic rings. The van der Waals surface area contributed by atoms with Crippen molar-refractivity contribution in [3.63, 3.8) is 0 Å². The molecule has 0 aliphatic heterocycles. The van der Waals surface area contributed by atoms with Crippen LogP contribution in [0.1, 0.15) is 54.3 Å². The van der Waals surface area contributed by atoms with Crippen LogP contribution in [0.3, 0.4) is 0 Å². The second kappa shape index (κ2) is 12.6. The molecule has 1 unspecified atom stereocenters. The van der Waals surface area contributed by atoms with Crippen molar-refractivity contribution in [2.75, 3.05) is 0 Å². The summed E-state index contributed by atoms with van der Waals surface area (Å²) in [5, 5.41) is 7.60. The minimum absolute atomic E-state index is 0.00835.